The van der Waals surface area contributed by atoms with Gasteiger partial charge in [0.25, 0.3) is 0 Å². The van der Waals surface area contributed by atoms with E-state index in [1.807, 2.05) is 30.3 Å². The Morgan fingerprint density at radius 3 is 2.80 bits per heavy atom. The Balaban J connectivity index is 1.69. The topological polar surface area (TPSA) is 71.5 Å². The molecule has 0 aliphatic carbocycles. The zero-order valence-electron chi connectivity index (χ0n) is 11.0. The van der Waals surface area contributed by atoms with Crippen molar-refractivity contribution in [1.29, 1.82) is 0 Å². The highest BCUT2D eigenvalue weighted by Crippen LogP contribution is 2.19. The first kappa shape index (κ1) is 14.0. The van der Waals surface area contributed by atoms with Crippen LogP contribution in [0.5, 0.6) is 5.75 Å². The number of rotatable bonds is 6. The number of carbonyl (C=O) groups is 1. The molecule has 5 nitrogen and oxygen atoms in total. The van der Waals surface area contributed by atoms with Crippen LogP contribution in [0.15, 0.2) is 48.8 Å². The normalized spacial score (nSPS) is 10.2. The molecule has 0 aliphatic heterocycles. The molecule has 2 N–H and O–H groups in total. The summed E-state index contributed by atoms with van der Waals surface area (Å²) in [6.45, 7) is 0.807. The predicted octanol–water partition coefficient (Wildman–Crippen LogP) is 2.33. The molecule has 0 fully saturated rings. The predicted molar refractivity (Wildman–Crippen MR) is 75.2 cm³/mol. The lowest BCUT2D eigenvalue weighted by Gasteiger charge is -2.07. The van der Waals surface area contributed by atoms with Crippen LogP contribution in [0.1, 0.15) is 12.0 Å². The molecule has 2 aromatic rings. The molecule has 0 radical (unpaired) electrons. The Morgan fingerprint density at radius 2 is 2.05 bits per heavy atom. The summed E-state index contributed by atoms with van der Waals surface area (Å²) in [6, 6.07) is 11.3. The van der Waals surface area contributed by atoms with Crippen LogP contribution in [0.2, 0.25) is 0 Å². The van der Waals surface area contributed by atoms with Gasteiger partial charge in [-0.25, -0.2) is 0 Å². The number of ether oxygens (including phenoxy) is 1. The number of nitrogens with one attached hydrogen (secondary N) is 1. The Hall–Kier alpha value is -2.40. The van der Waals surface area contributed by atoms with Gasteiger partial charge in [0, 0.05) is 6.20 Å². The molecule has 0 bridgehead atoms. The minimum absolute atomic E-state index is 0.0500. The van der Waals surface area contributed by atoms with E-state index >= 15 is 0 Å². The lowest BCUT2D eigenvalue weighted by Crippen LogP contribution is -2.14. The molecule has 0 saturated carbocycles. The van der Waals surface area contributed by atoms with E-state index in [0.29, 0.717) is 18.9 Å². The van der Waals surface area contributed by atoms with Crippen molar-refractivity contribution in [2.45, 2.75) is 13.0 Å². The number of nitrogens with zero attached hydrogens (tertiary/aromatic N) is 1. The molecular weight excluding hydrogens is 256 g/mol. The third-order valence-corrected chi connectivity index (χ3v) is 2.66. The third kappa shape index (κ3) is 4.37. The van der Waals surface area contributed by atoms with Crippen molar-refractivity contribution in [2.75, 3.05) is 11.9 Å². The van der Waals surface area contributed by atoms with Gasteiger partial charge in [0.05, 0.1) is 31.5 Å². The van der Waals surface area contributed by atoms with Crippen LogP contribution in [0, 0.1) is 0 Å². The molecule has 1 amide bonds. The fourth-order valence-corrected chi connectivity index (χ4v) is 1.63. The van der Waals surface area contributed by atoms with Gasteiger partial charge in [0.2, 0.25) is 5.91 Å². The summed E-state index contributed by atoms with van der Waals surface area (Å²) in [6.07, 6.45) is 3.01. The molecule has 0 aliphatic rings. The third-order valence-electron chi connectivity index (χ3n) is 2.66. The smallest absolute Gasteiger partial charge is 0.226 e. The second-order valence-electron chi connectivity index (χ2n) is 4.23. The van der Waals surface area contributed by atoms with E-state index in [1.54, 1.807) is 0 Å². The van der Waals surface area contributed by atoms with Gasteiger partial charge in [-0.1, -0.05) is 30.3 Å². The second-order valence-corrected chi connectivity index (χ2v) is 4.23. The van der Waals surface area contributed by atoms with Gasteiger partial charge < -0.3 is 15.2 Å². The monoisotopic (exact) mass is 272 g/mol. The van der Waals surface area contributed by atoms with Crippen LogP contribution in [0.25, 0.3) is 0 Å². The molecule has 0 unspecified atom stereocenters. The summed E-state index contributed by atoms with van der Waals surface area (Å²) in [5.74, 6) is -0.259. The van der Waals surface area contributed by atoms with Gasteiger partial charge in [0.15, 0.2) is 5.75 Å². The molecular formula is C15H16N2O3. The first-order valence-corrected chi connectivity index (χ1v) is 6.30. The summed E-state index contributed by atoms with van der Waals surface area (Å²) in [5.41, 5.74) is 1.42. The van der Waals surface area contributed by atoms with Gasteiger partial charge in [-0.05, 0) is 11.6 Å². The summed E-state index contributed by atoms with van der Waals surface area (Å²) < 4.78 is 5.42. The lowest BCUT2D eigenvalue weighted by atomic mass is 10.2. The van der Waals surface area contributed by atoms with Crippen molar-refractivity contribution in [2.24, 2.45) is 0 Å². The number of aromatic nitrogens is 1. The molecule has 1 aromatic carbocycles. The average molecular weight is 272 g/mol. The van der Waals surface area contributed by atoms with Crippen molar-refractivity contribution >= 4 is 11.6 Å². The van der Waals surface area contributed by atoms with Gasteiger partial charge in [-0.15, -0.1) is 0 Å². The van der Waals surface area contributed by atoms with Gasteiger partial charge in [0.1, 0.15) is 0 Å². The van der Waals surface area contributed by atoms with E-state index < -0.39 is 0 Å². The highest BCUT2D eigenvalue weighted by Gasteiger charge is 2.05. The van der Waals surface area contributed by atoms with Crippen LogP contribution < -0.4 is 5.32 Å². The maximum atomic E-state index is 11.7. The van der Waals surface area contributed by atoms with Gasteiger partial charge in [-0.2, -0.15) is 0 Å². The standard InChI is InChI=1S/C15H16N2O3/c18-14-10-16-8-6-13(14)17-15(19)7-9-20-11-12-4-2-1-3-5-12/h1-6,8,10,18H,7,9,11H2,(H,16,17,19). The van der Waals surface area contributed by atoms with E-state index in [2.05, 4.69) is 10.3 Å². The first-order chi connectivity index (χ1) is 9.75. The number of carbonyl (C=O) groups excluding carboxylic acids is 1. The SMILES string of the molecule is O=C(CCOCc1ccccc1)Nc1ccncc1O. The van der Waals surface area contributed by atoms with Crippen molar-refractivity contribution in [3.05, 3.63) is 54.4 Å². The van der Waals surface area contributed by atoms with E-state index in [0.717, 1.165) is 5.56 Å². The molecule has 1 heterocycles. The summed E-state index contributed by atoms with van der Waals surface area (Å²) >= 11 is 0. The largest absolute Gasteiger partial charge is 0.504 e. The van der Waals surface area contributed by atoms with Crippen molar-refractivity contribution in [3.63, 3.8) is 0 Å². The van der Waals surface area contributed by atoms with Gasteiger partial charge in [-0.3, -0.25) is 9.78 Å². The van der Waals surface area contributed by atoms with E-state index in [-0.39, 0.29) is 18.1 Å². The number of aromatic hydroxyl groups is 1. The van der Waals surface area contributed by atoms with Crippen molar-refractivity contribution in [3.8, 4) is 5.75 Å². The molecule has 1 aromatic heterocycles. The van der Waals surface area contributed by atoms with Crippen LogP contribution in [0.4, 0.5) is 5.69 Å². The van der Waals surface area contributed by atoms with Crippen LogP contribution in [-0.2, 0) is 16.1 Å². The molecule has 0 atom stereocenters. The van der Waals surface area contributed by atoms with E-state index in [1.165, 1.54) is 18.5 Å². The van der Waals surface area contributed by atoms with E-state index in [4.69, 9.17) is 4.74 Å². The maximum absolute atomic E-state index is 11.7. The summed E-state index contributed by atoms with van der Waals surface area (Å²) in [4.78, 5) is 15.4. The first-order valence-electron chi connectivity index (χ1n) is 6.30. The van der Waals surface area contributed by atoms with Crippen LogP contribution in [0.3, 0.4) is 0 Å². The number of benzene rings is 1. The Morgan fingerprint density at radius 1 is 1.25 bits per heavy atom. The van der Waals surface area contributed by atoms with Crippen LogP contribution in [-0.4, -0.2) is 22.6 Å². The second kappa shape index (κ2) is 7.25. The Bertz CT molecular complexity index is 558. The van der Waals surface area contributed by atoms with Gasteiger partial charge >= 0.3 is 0 Å². The number of pyridine rings is 1. The zero-order valence-corrected chi connectivity index (χ0v) is 11.0. The minimum Gasteiger partial charge on any atom is -0.504 e. The highest BCUT2D eigenvalue weighted by atomic mass is 16.5. The Kier molecular flexibility index (Phi) is 5.08. The number of hydrogen-bond acceptors (Lipinski definition) is 4. The number of anilines is 1. The Labute approximate surface area is 117 Å². The molecule has 2 rings (SSSR count). The average Bonchev–Trinajstić information content (AvgIpc) is 2.47. The van der Waals surface area contributed by atoms with Crippen molar-refractivity contribution in [1.82, 2.24) is 4.98 Å². The minimum atomic E-state index is -0.209. The lowest BCUT2D eigenvalue weighted by molar-refractivity contribution is -0.117. The maximum Gasteiger partial charge on any atom is 0.226 e. The number of hydrogen-bond donors (Lipinski definition) is 2. The molecule has 0 spiro atoms. The summed E-state index contributed by atoms with van der Waals surface area (Å²) in [7, 11) is 0. The van der Waals surface area contributed by atoms with Crippen LogP contribution >= 0.6 is 0 Å². The molecule has 0 saturated heterocycles. The zero-order chi connectivity index (χ0) is 14.2. The molecule has 20 heavy (non-hydrogen) atoms. The quantitative estimate of drug-likeness (QED) is 0.792. The summed E-state index contributed by atoms with van der Waals surface area (Å²) in [5, 5.41) is 12.1. The molecule has 104 valence electrons. The fraction of sp³-hybridized carbons (Fsp3) is 0.200. The highest BCUT2D eigenvalue weighted by molar-refractivity contribution is 5.92. The van der Waals surface area contributed by atoms with Crippen molar-refractivity contribution < 1.29 is 14.6 Å². The fourth-order valence-electron chi connectivity index (χ4n) is 1.63. The van der Waals surface area contributed by atoms with E-state index in [9.17, 15) is 9.90 Å². The number of amides is 1. The molecule has 5 heteroatoms.